The molecule has 9 atom stereocenters. The molecular weight excluding hydrogens is 392 g/mol. The second-order valence-electron chi connectivity index (χ2n) is 8.42. The van der Waals surface area contributed by atoms with Gasteiger partial charge in [-0.2, -0.15) is 0 Å². The summed E-state index contributed by atoms with van der Waals surface area (Å²) < 4.78 is 22.0. The second kappa shape index (κ2) is 9.37. The minimum atomic E-state index is -2.32. The lowest BCUT2D eigenvalue weighted by Crippen LogP contribution is -2.68. The zero-order valence-electron chi connectivity index (χ0n) is 17.1. The van der Waals surface area contributed by atoms with E-state index in [4.69, 9.17) is 18.9 Å². The Balaban J connectivity index is 2.21. The van der Waals surface area contributed by atoms with Gasteiger partial charge in [-0.15, -0.1) is 0 Å². The van der Waals surface area contributed by atoms with Crippen molar-refractivity contribution in [3.63, 3.8) is 0 Å². The highest BCUT2D eigenvalue weighted by Gasteiger charge is 2.55. The van der Waals surface area contributed by atoms with E-state index in [2.05, 4.69) is 0 Å². The highest BCUT2D eigenvalue weighted by Crippen LogP contribution is 2.35. The van der Waals surface area contributed by atoms with E-state index in [1.807, 2.05) is 0 Å². The van der Waals surface area contributed by atoms with Crippen molar-refractivity contribution < 1.29 is 54.7 Å². The van der Waals surface area contributed by atoms with Crippen LogP contribution >= 0.6 is 0 Å². The second-order valence-corrected chi connectivity index (χ2v) is 8.42. The monoisotopic (exact) mass is 426 g/mol. The molecule has 2 fully saturated rings. The van der Waals surface area contributed by atoms with Gasteiger partial charge in [0.2, 0.25) is 5.79 Å². The van der Waals surface area contributed by atoms with Crippen LogP contribution in [0.15, 0.2) is 0 Å². The third-order valence-electron chi connectivity index (χ3n) is 5.30. The van der Waals surface area contributed by atoms with E-state index >= 15 is 0 Å². The van der Waals surface area contributed by atoms with E-state index in [-0.39, 0.29) is 6.10 Å². The number of aliphatic hydroxyl groups excluding tert-OH is 6. The smallest absolute Gasteiger partial charge is 0.218 e. The third kappa shape index (κ3) is 5.08. The van der Waals surface area contributed by atoms with E-state index < -0.39 is 80.0 Å². The summed E-state index contributed by atoms with van der Waals surface area (Å²) >= 11 is 0. The molecule has 0 aromatic carbocycles. The summed E-state index contributed by atoms with van der Waals surface area (Å²) in [5, 5.41) is 70.8. The summed E-state index contributed by atoms with van der Waals surface area (Å²) in [7, 11) is 0. The Bertz CT molecular complexity index is 528. The zero-order valence-corrected chi connectivity index (χ0v) is 17.1. The van der Waals surface area contributed by atoms with Gasteiger partial charge in [0, 0.05) is 0 Å². The number of hydrogen-bond acceptors (Lipinski definition) is 11. The molecule has 0 radical (unpaired) electrons. The van der Waals surface area contributed by atoms with Crippen molar-refractivity contribution in [2.75, 3.05) is 19.8 Å². The van der Waals surface area contributed by atoms with E-state index in [0.717, 1.165) is 0 Å². The SMILES string of the molecule is CC(C)OC1C(CO)OC(C(C)(C)OC2C(O)COC(O)(CO)C2O)C(O)C1O. The molecule has 0 aromatic rings. The van der Waals surface area contributed by atoms with Crippen molar-refractivity contribution in [3.05, 3.63) is 0 Å². The Morgan fingerprint density at radius 1 is 1.07 bits per heavy atom. The van der Waals surface area contributed by atoms with Gasteiger partial charge in [0.05, 0.1) is 31.5 Å². The first-order valence-corrected chi connectivity index (χ1v) is 9.67. The number of ether oxygens (including phenoxy) is 4. The Morgan fingerprint density at radius 3 is 2.21 bits per heavy atom. The highest BCUT2D eigenvalue weighted by atomic mass is 16.7. The zero-order chi connectivity index (χ0) is 22.1. The molecule has 2 saturated heterocycles. The van der Waals surface area contributed by atoms with Crippen LogP contribution in [0.4, 0.5) is 0 Å². The lowest BCUT2D eigenvalue weighted by Gasteiger charge is -2.50. The maximum atomic E-state index is 10.6. The third-order valence-corrected chi connectivity index (χ3v) is 5.30. The number of rotatable bonds is 7. The van der Waals surface area contributed by atoms with Gasteiger partial charge in [0.1, 0.15) is 48.8 Å². The molecule has 9 unspecified atom stereocenters. The summed E-state index contributed by atoms with van der Waals surface area (Å²) in [6.45, 7) is 4.65. The van der Waals surface area contributed by atoms with Gasteiger partial charge in [-0.25, -0.2) is 0 Å². The van der Waals surface area contributed by atoms with Crippen LogP contribution in [0, 0.1) is 0 Å². The molecular formula is C18H34O11. The van der Waals surface area contributed by atoms with E-state index in [1.165, 1.54) is 13.8 Å². The van der Waals surface area contributed by atoms with Crippen molar-refractivity contribution in [1.29, 1.82) is 0 Å². The summed E-state index contributed by atoms with van der Waals surface area (Å²) in [5.41, 5.74) is -1.41. The van der Waals surface area contributed by atoms with Crippen LogP contribution in [-0.2, 0) is 18.9 Å². The van der Waals surface area contributed by atoms with Crippen molar-refractivity contribution in [2.24, 2.45) is 0 Å². The van der Waals surface area contributed by atoms with Crippen molar-refractivity contribution >= 4 is 0 Å². The average molecular weight is 426 g/mol. The Morgan fingerprint density at radius 2 is 1.69 bits per heavy atom. The summed E-state index contributed by atoms with van der Waals surface area (Å²) in [5.74, 6) is -2.32. The molecule has 2 heterocycles. The van der Waals surface area contributed by atoms with Crippen LogP contribution in [0.5, 0.6) is 0 Å². The van der Waals surface area contributed by atoms with Crippen LogP contribution in [-0.4, -0.2) is 122 Å². The fraction of sp³-hybridized carbons (Fsp3) is 1.00. The van der Waals surface area contributed by atoms with E-state index in [1.54, 1.807) is 13.8 Å². The fourth-order valence-corrected chi connectivity index (χ4v) is 3.72. The van der Waals surface area contributed by atoms with Gasteiger partial charge in [-0.05, 0) is 27.7 Å². The number of hydrogen-bond donors (Lipinski definition) is 7. The lowest BCUT2D eigenvalue weighted by molar-refractivity contribution is -0.357. The standard InChI is InChI=1S/C18H34O11/c1-8(2)27-14-10(5-19)28-16(12(23)11(14)22)17(3,4)29-13-9(21)6-26-18(25,7-20)15(13)24/h8-16,19-25H,5-7H2,1-4H3. The first-order valence-electron chi connectivity index (χ1n) is 9.67. The van der Waals surface area contributed by atoms with Crippen LogP contribution in [0.2, 0.25) is 0 Å². The van der Waals surface area contributed by atoms with Crippen molar-refractivity contribution in [2.45, 2.75) is 94.0 Å². The first-order chi connectivity index (χ1) is 13.4. The minimum Gasteiger partial charge on any atom is -0.394 e. The molecule has 0 spiro atoms. The molecule has 7 N–H and O–H groups in total. The van der Waals surface area contributed by atoms with Gasteiger partial charge in [0.25, 0.3) is 0 Å². The predicted octanol–water partition coefficient (Wildman–Crippen LogP) is -3.14. The van der Waals surface area contributed by atoms with E-state index in [9.17, 15) is 35.7 Å². The molecule has 172 valence electrons. The topological polar surface area (TPSA) is 179 Å². The van der Waals surface area contributed by atoms with Crippen molar-refractivity contribution in [3.8, 4) is 0 Å². The van der Waals surface area contributed by atoms with Crippen molar-refractivity contribution in [1.82, 2.24) is 0 Å². The normalized spacial score (nSPS) is 44.3. The van der Waals surface area contributed by atoms with E-state index in [0.29, 0.717) is 0 Å². The molecule has 0 amide bonds. The Kier molecular flexibility index (Phi) is 8.02. The summed E-state index contributed by atoms with van der Waals surface area (Å²) in [4.78, 5) is 0. The quantitative estimate of drug-likeness (QED) is 0.219. The van der Waals surface area contributed by atoms with Gasteiger partial charge >= 0.3 is 0 Å². The minimum absolute atomic E-state index is 0.288. The van der Waals surface area contributed by atoms with Gasteiger partial charge in [0.15, 0.2) is 0 Å². The predicted molar refractivity (Wildman–Crippen MR) is 96.7 cm³/mol. The first kappa shape index (κ1) is 24.8. The molecule has 29 heavy (non-hydrogen) atoms. The maximum absolute atomic E-state index is 10.6. The van der Waals surface area contributed by atoms with Gasteiger partial charge in [-0.1, -0.05) is 0 Å². The molecule has 2 rings (SSSR count). The Labute approximate surface area is 169 Å². The lowest BCUT2D eigenvalue weighted by atomic mass is 9.86. The summed E-state index contributed by atoms with van der Waals surface area (Å²) in [6.07, 6.45) is -10.8. The number of aliphatic hydroxyl groups is 7. The molecule has 2 aliphatic heterocycles. The van der Waals surface area contributed by atoms with Crippen LogP contribution in [0.3, 0.4) is 0 Å². The van der Waals surface area contributed by atoms with Crippen LogP contribution < -0.4 is 0 Å². The largest absolute Gasteiger partial charge is 0.394 e. The van der Waals surface area contributed by atoms with Crippen LogP contribution in [0.25, 0.3) is 0 Å². The van der Waals surface area contributed by atoms with Gasteiger partial charge in [-0.3, -0.25) is 0 Å². The highest BCUT2D eigenvalue weighted by molar-refractivity contribution is 5.02. The fourth-order valence-electron chi connectivity index (χ4n) is 3.72. The maximum Gasteiger partial charge on any atom is 0.218 e. The van der Waals surface area contributed by atoms with Gasteiger partial charge < -0.3 is 54.7 Å². The molecule has 0 aromatic heterocycles. The van der Waals surface area contributed by atoms with Crippen LogP contribution in [0.1, 0.15) is 27.7 Å². The molecule has 2 aliphatic rings. The molecule has 11 heteroatoms. The molecule has 0 bridgehead atoms. The molecule has 11 nitrogen and oxygen atoms in total. The summed E-state index contributed by atoms with van der Waals surface area (Å²) in [6, 6.07) is 0. The Hall–Kier alpha value is -0.440. The average Bonchev–Trinajstić information content (AvgIpc) is 2.65. The molecule has 0 saturated carbocycles. The molecule has 0 aliphatic carbocycles.